The minimum Gasteiger partial charge on any atom is -0.504 e. The van der Waals surface area contributed by atoms with Crippen LogP contribution in [0.15, 0.2) is 65.2 Å². The molecule has 0 radical (unpaired) electrons. The Labute approximate surface area is 285 Å². The lowest BCUT2D eigenvalue weighted by Crippen LogP contribution is -2.71. The van der Waals surface area contributed by atoms with E-state index in [1.54, 1.807) is 30.6 Å². The topological polar surface area (TPSA) is 242 Å². The SMILES string of the molecule is CC(C)(O/N=C(\C(=O)N[C@@H]1C(=O)N2C(C(=O)O)=C(c3ccc(C[n+]4ccc5cc(O)c(O)cc5c4)nc3)CS[C@H]12)c1csc(N)n1)C(=O)O. The number of oxime groups is 1. The summed E-state index contributed by atoms with van der Waals surface area (Å²) < 4.78 is 1.84. The Morgan fingerprint density at radius 3 is 2.53 bits per heavy atom. The molecule has 252 valence electrons. The van der Waals surface area contributed by atoms with E-state index in [0.29, 0.717) is 28.8 Å². The fourth-order valence-electron chi connectivity index (χ4n) is 5.09. The number of carbonyl (C=O) groups excluding carboxylic acids is 2. The number of thiazole rings is 1. The first-order chi connectivity index (χ1) is 23.2. The number of β-lactam (4-membered cyclic amide) rings is 1. The van der Waals surface area contributed by atoms with Crippen LogP contribution < -0.4 is 15.6 Å². The van der Waals surface area contributed by atoms with Crippen LogP contribution in [-0.4, -0.2) is 87.5 Å². The van der Waals surface area contributed by atoms with Gasteiger partial charge >= 0.3 is 11.9 Å². The standard InChI is InChI=1S/C31H27N7O9S2/c1-31(2,29(45)46)47-36-22(19-13-49-30(32)34-19)25(41)35-23-26(42)38-24(28(43)44)18(12-48-27(23)38)15-3-4-17(33-9-15)11-37-6-5-14-7-20(39)21(40)8-16(14)10-37/h3-10,13,23,27H,11-12H2,1-2H3,(H6,32,34,35,40,41,43,44,45,46)/p+1/b36-22-/t23-,27-/m1/s1. The molecule has 2 amide bonds. The molecule has 2 atom stereocenters. The molecule has 49 heavy (non-hydrogen) atoms. The van der Waals surface area contributed by atoms with Gasteiger partial charge in [-0.05, 0) is 43.0 Å². The van der Waals surface area contributed by atoms with Crippen LogP contribution in [0.4, 0.5) is 5.13 Å². The Balaban J connectivity index is 1.19. The van der Waals surface area contributed by atoms with Crippen molar-refractivity contribution < 1.29 is 49.0 Å². The summed E-state index contributed by atoms with van der Waals surface area (Å²) in [7, 11) is 0. The van der Waals surface area contributed by atoms with Crippen molar-refractivity contribution in [1.29, 1.82) is 0 Å². The van der Waals surface area contributed by atoms with Crippen LogP contribution in [-0.2, 0) is 30.6 Å². The van der Waals surface area contributed by atoms with Crippen LogP contribution >= 0.6 is 23.1 Å². The van der Waals surface area contributed by atoms with E-state index in [2.05, 4.69) is 20.4 Å². The van der Waals surface area contributed by atoms with Crippen LogP contribution in [0.1, 0.15) is 30.8 Å². The maximum absolute atomic E-state index is 13.4. The van der Waals surface area contributed by atoms with Gasteiger partial charge in [0, 0.05) is 34.4 Å². The number of rotatable bonds is 10. The summed E-state index contributed by atoms with van der Waals surface area (Å²) in [5, 5.41) is 47.7. The maximum Gasteiger partial charge on any atom is 0.352 e. The average Bonchev–Trinajstić information content (AvgIpc) is 3.49. The second kappa shape index (κ2) is 12.7. The number of anilines is 1. The van der Waals surface area contributed by atoms with Crippen LogP contribution in [0, 0.1) is 0 Å². The molecule has 0 spiro atoms. The summed E-state index contributed by atoms with van der Waals surface area (Å²) >= 11 is 2.26. The number of phenols is 2. The first-order valence-electron chi connectivity index (χ1n) is 14.5. The van der Waals surface area contributed by atoms with Crippen molar-refractivity contribution in [1.82, 2.24) is 20.2 Å². The molecule has 0 bridgehead atoms. The Hall–Kier alpha value is -5.75. The maximum atomic E-state index is 13.4. The van der Waals surface area contributed by atoms with Gasteiger partial charge in [0.15, 0.2) is 41.3 Å². The Morgan fingerprint density at radius 2 is 1.90 bits per heavy atom. The summed E-state index contributed by atoms with van der Waals surface area (Å²) in [6, 6.07) is 7.06. The predicted molar refractivity (Wildman–Crippen MR) is 176 cm³/mol. The van der Waals surface area contributed by atoms with Gasteiger partial charge in [-0.3, -0.25) is 19.5 Å². The molecule has 0 aliphatic carbocycles. The number of aliphatic carboxylic acids is 2. The van der Waals surface area contributed by atoms with E-state index in [9.17, 15) is 39.6 Å². The van der Waals surface area contributed by atoms with E-state index in [1.807, 2.05) is 4.57 Å². The number of carboxylic acids is 2. The third-order valence-electron chi connectivity index (χ3n) is 7.77. The van der Waals surface area contributed by atoms with Gasteiger partial charge in [-0.1, -0.05) is 11.2 Å². The summed E-state index contributed by atoms with van der Waals surface area (Å²) in [6.45, 7) is 2.84. The summed E-state index contributed by atoms with van der Waals surface area (Å²) in [4.78, 5) is 65.4. The number of nitrogens with one attached hydrogen (secondary N) is 1. The van der Waals surface area contributed by atoms with Crippen molar-refractivity contribution in [3.05, 3.63) is 77.0 Å². The smallest absolute Gasteiger partial charge is 0.352 e. The third-order valence-corrected chi connectivity index (χ3v) is 9.72. The number of fused-ring (bicyclic) bond motifs is 2. The molecule has 6 rings (SSSR count). The van der Waals surface area contributed by atoms with E-state index in [1.165, 1.54) is 49.3 Å². The molecular formula is C31H28N7O9S2+. The molecule has 4 aromatic rings. The number of nitrogens with zero attached hydrogens (tertiary/aromatic N) is 5. The molecule has 1 saturated heterocycles. The van der Waals surface area contributed by atoms with Crippen LogP contribution in [0.2, 0.25) is 0 Å². The molecule has 7 N–H and O–H groups in total. The number of carboxylic acid groups (broad SMARTS) is 2. The van der Waals surface area contributed by atoms with Gasteiger partial charge in [0.2, 0.25) is 5.60 Å². The van der Waals surface area contributed by atoms with Crippen molar-refractivity contribution in [2.75, 3.05) is 11.5 Å². The van der Waals surface area contributed by atoms with Gasteiger partial charge in [0.25, 0.3) is 11.8 Å². The Morgan fingerprint density at radius 1 is 1.16 bits per heavy atom. The lowest BCUT2D eigenvalue weighted by molar-refractivity contribution is -0.687. The third kappa shape index (κ3) is 6.42. The number of thioether (sulfide) groups is 1. The average molecular weight is 707 g/mol. The number of aromatic nitrogens is 3. The molecule has 5 heterocycles. The van der Waals surface area contributed by atoms with Crippen molar-refractivity contribution in [3.63, 3.8) is 0 Å². The Kier molecular flexibility index (Phi) is 8.59. The summed E-state index contributed by atoms with van der Waals surface area (Å²) in [6.07, 6.45) is 5.13. The van der Waals surface area contributed by atoms with Crippen LogP contribution in [0.25, 0.3) is 16.3 Å². The number of nitrogen functional groups attached to an aromatic ring is 1. The molecule has 0 unspecified atom stereocenters. The number of carbonyl (C=O) groups is 4. The van der Waals surface area contributed by atoms with Gasteiger partial charge in [-0.15, -0.1) is 23.1 Å². The fourth-order valence-corrected chi connectivity index (χ4v) is 7.02. The van der Waals surface area contributed by atoms with Gasteiger partial charge in [-0.2, -0.15) is 4.57 Å². The number of pyridine rings is 2. The van der Waals surface area contributed by atoms with Crippen LogP contribution in [0.5, 0.6) is 11.5 Å². The van der Waals surface area contributed by atoms with E-state index < -0.39 is 46.5 Å². The zero-order chi connectivity index (χ0) is 35.2. The highest BCUT2D eigenvalue weighted by Gasteiger charge is 2.54. The molecular weight excluding hydrogens is 679 g/mol. The lowest BCUT2D eigenvalue weighted by Gasteiger charge is -2.49. The normalized spacial score (nSPS) is 17.8. The highest BCUT2D eigenvalue weighted by molar-refractivity contribution is 8.00. The summed E-state index contributed by atoms with van der Waals surface area (Å²) in [5.74, 6) is -4.47. The molecule has 2 aliphatic rings. The van der Waals surface area contributed by atoms with Crippen LogP contribution in [0.3, 0.4) is 0 Å². The first-order valence-corrected chi connectivity index (χ1v) is 16.4. The highest BCUT2D eigenvalue weighted by atomic mass is 32.2. The quantitative estimate of drug-likeness (QED) is 0.0451. The monoisotopic (exact) mass is 706 g/mol. The number of nitrogens with two attached hydrogens (primary N) is 1. The lowest BCUT2D eigenvalue weighted by atomic mass is 9.99. The van der Waals surface area contributed by atoms with Gasteiger partial charge < -0.3 is 36.3 Å². The van der Waals surface area contributed by atoms with Gasteiger partial charge in [0.05, 0.1) is 0 Å². The molecule has 2 aliphatic heterocycles. The molecule has 3 aromatic heterocycles. The zero-order valence-corrected chi connectivity index (χ0v) is 27.4. The second-order valence-electron chi connectivity index (χ2n) is 11.5. The largest absolute Gasteiger partial charge is 0.504 e. The zero-order valence-electron chi connectivity index (χ0n) is 25.7. The van der Waals surface area contributed by atoms with E-state index in [4.69, 9.17) is 10.6 Å². The first kappa shape index (κ1) is 33.2. The minimum atomic E-state index is -1.79. The van der Waals surface area contributed by atoms with E-state index >= 15 is 0 Å². The molecule has 0 saturated carbocycles. The highest BCUT2D eigenvalue weighted by Crippen LogP contribution is 2.43. The van der Waals surface area contributed by atoms with Crippen molar-refractivity contribution in [3.8, 4) is 11.5 Å². The molecule has 18 heteroatoms. The summed E-state index contributed by atoms with van der Waals surface area (Å²) in [5.41, 5.74) is 4.84. The van der Waals surface area contributed by atoms with Crippen molar-refractivity contribution in [2.24, 2.45) is 5.16 Å². The van der Waals surface area contributed by atoms with Gasteiger partial charge in [0.1, 0.15) is 28.5 Å². The number of phenolic OH excluding ortho intramolecular Hbond substituents is 2. The van der Waals surface area contributed by atoms with E-state index in [0.717, 1.165) is 21.6 Å². The molecule has 1 aromatic carbocycles. The fraction of sp³-hybridized carbons (Fsp3) is 0.226. The minimum absolute atomic E-state index is 0.00377. The second-order valence-corrected chi connectivity index (χ2v) is 13.5. The number of aromatic hydroxyl groups is 2. The number of hydrogen-bond acceptors (Lipinski definition) is 13. The van der Waals surface area contributed by atoms with Crippen molar-refractivity contribution >= 4 is 74.0 Å². The molecule has 16 nitrogen and oxygen atoms in total. The number of amides is 2. The van der Waals surface area contributed by atoms with Gasteiger partial charge in [-0.25, -0.2) is 14.6 Å². The Bertz CT molecular complexity index is 2100. The predicted octanol–water partition coefficient (Wildman–Crippen LogP) is 1.50. The van der Waals surface area contributed by atoms with E-state index in [-0.39, 0.29) is 33.8 Å². The van der Waals surface area contributed by atoms with Crippen molar-refractivity contribution in [2.45, 2.75) is 37.4 Å². The molecule has 1 fully saturated rings. The number of hydrogen-bond donors (Lipinski definition) is 6. The number of benzene rings is 1.